The van der Waals surface area contributed by atoms with Crippen LogP contribution in [0.25, 0.3) is 0 Å². The minimum Gasteiger partial charge on any atom is -0.271 e. The number of rotatable bonds is 4. The molecule has 0 saturated heterocycles. The number of hydrazine groups is 1. The lowest BCUT2D eigenvalue weighted by Crippen LogP contribution is -2.38. The van der Waals surface area contributed by atoms with E-state index in [1.165, 1.54) is 37.7 Å². The van der Waals surface area contributed by atoms with Crippen molar-refractivity contribution in [3.63, 3.8) is 0 Å². The number of aromatic nitrogens is 1. The predicted octanol–water partition coefficient (Wildman–Crippen LogP) is 3.56. The molecule has 0 aromatic carbocycles. The summed E-state index contributed by atoms with van der Waals surface area (Å²) in [6, 6.07) is 2.35. The lowest BCUT2D eigenvalue weighted by molar-refractivity contribution is 0.176. The van der Waals surface area contributed by atoms with Gasteiger partial charge in [-0.1, -0.05) is 32.6 Å². The highest BCUT2D eigenvalue weighted by molar-refractivity contribution is 9.10. The molecule has 0 aliphatic heterocycles. The van der Waals surface area contributed by atoms with Crippen molar-refractivity contribution in [3.8, 4) is 0 Å². The molecule has 3 nitrogen and oxygen atoms in total. The summed E-state index contributed by atoms with van der Waals surface area (Å²) in [4.78, 5) is 4.26. The minimum atomic E-state index is 0.222. The van der Waals surface area contributed by atoms with Crippen LogP contribution in [0.1, 0.15) is 50.6 Å². The predicted molar refractivity (Wildman–Crippen MR) is 77.7 cm³/mol. The van der Waals surface area contributed by atoms with Crippen molar-refractivity contribution in [1.82, 2.24) is 10.4 Å². The smallest absolute Gasteiger partial charge is 0.0506 e. The van der Waals surface area contributed by atoms with Gasteiger partial charge in [-0.05, 0) is 45.8 Å². The number of hydrogen-bond acceptors (Lipinski definition) is 3. The second kappa shape index (κ2) is 6.64. The molecule has 0 radical (unpaired) electrons. The molecular formula is C14H22BrN3. The highest BCUT2D eigenvalue weighted by Gasteiger charge is 2.31. The zero-order valence-corrected chi connectivity index (χ0v) is 12.5. The Morgan fingerprint density at radius 3 is 2.89 bits per heavy atom. The van der Waals surface area contributed by atoms with Crippen LogP contribution in [0.3, 0.4) is 0 Å². The molecule has 1 aromatic heterocycles. The number of nitrogens with zero attached hydrogens (tertiary/aromatic N) is 1. The first-order chi connectivity index (χ1) is 8.76. The summed E-state index contributed by atoms with van der Waals surface area (Å²) in [5, 5.41) is 0. The Morgan fingerprint density at radius 2 is 2.22 bits per heavy atom. The van der Waals surface area contributed by atoms with E-state index in [1.807, 2.05) is 12.4 Å². The maximum Gasteiger partial charge on any atom is 0.0506 e. The Morgan fingerprint density at radius 1 is 1.44 bits per heavy atom. The Hall–Kier alpha value is -0.450. The van der Waals surface area contributed by atoms with E-state index in [9.17, 15) is 0 Å². The molecular weight excluding hydrogens is 290 g/mol. The second-order valence-electron chi connectivity index (χ2n) is 5.20. The van der Waals surface area contributed by atoms with Crippen molar-refractivity contribution in [2.24, 2.45) is 17.7 Å². The molecule has 1 aliphatic rings. The molecule has 2 rings (SSSR count). The van der Waals surface area contributed by atoms with E-state index in [0.717, 1.165) is 10.4 Å². The standard InChI is InChI=1S/C14H22BrN3/c1-2-10-5-3-4-6-13(10)14(18-16)11-7-12(15)9-17-8-11/h7-10,13-14,18H,2-6,16H2,1H3. The van der Waals surface area contributed by atoms with Crippen LogP contribution in [0, 0.1) is 11.8 Å². The summed E-state index contributed by atoms with van der Waals surface area (Å²) in [5.41, 5.74) is 4.21. The van der Waals surface area contributed by atoms with Gasteiger partial charge in [0.1, 0.15) is 0 Å². The van der Waals surface area contributed by atoms with Gasteiger partial charge in [-0.3, -0.25) is 16.3 Å². The lowest BCUT2D eigenvalue weighted by atomic mass is 9.73. The SMILES string of the molecule is CCC1CCCCC1C(NN)c1cncc(Br)c1. The molecule has 0 spiro atoms. The van der Waals surface area contributed by atoms with Gasteiger partial charge >= 0.3 is 0 Å². The van der Waals surface area contributed by atoms with Gasteiger partial charge in [0.2, 0.25) is 0 Å². The molecule has 3 N–H and O–H groups in total. The van der Waals surface area contributed by atoms with Gasteiger partial charge in [0.15, 0.2) is 0 Å². The molecule has 4 heteroatoms. The third kappa shape index (κ3) is 3.11. The van der Waals surface area contributed by atoms with Gasteiger partial charge in [-0.15, -0.1) is 0 Å². The van der Waals surface area contributed by atoms with Crippen LogP contribution in [0.2, 0.25) is 0 Å². The normalized spacial score (nSPS) is 25.9. The molecule has 0 amide bonds. The van der Waals surface area contributed by atoms with Crippen LogP contribution in [0.5, 0.6) is 0 Å². The highest BCUT2D eigenvalue weighted by atomic mass is 79.9. The van der Waals surface area contributed by atoms with E-state index in [2.05, 4.69) is 39.3 Å². The number of hydrogen-bond donors (Lipinski definition) is 2. The second-order valence-corrected chi connectivity index (χ2v) is 6.11. The molecule has 3 unspecified atom stereocenters. The lowest BCUT2D eigenvalue weighted by Gasteiger charge is -2.36. The molecule has 3 atom stereocenters. The van der Waals surface area contributed by atoms with E-state index >= 15 is 0 Å². The topological polar surface area (TPSA) is 50.9 Å². The molecule has 18 heavy (non-hydrogen) atoms. The largest absolute Gasteiger partial charge is 0.271 e. The molecule has 1 fully saturated rings. The van der Waals surface area contributed by atoms with Crippen molar-refractivity contribution in [3.05, 3.63) is 28.5 Å². The van der Waals surface area contributed by atoms with Crippen LogP contribution in [-0.4, -0.2) is 4.98 Å². The van der Waals surface area contributed by atoms with Crippen LogP contribution >= 0.6 is 15.9 Å². The van der Waals surface area contributed by atoms with Crippen molar-refractivity contribution >= 4 is 15.9 Å². The molecule has 1 aliphatic carbocycles. The fourth-order valence-corrected chi connectivity index (χ4v) is 3.63. The van der Waals surface area contributed by atoms with Gasteiger partial charge in [0.25, 0.3) is 0 Å². The Bertz CT molecular complexity index is 383. The molecule has 100 valence electrons. The fraction of sp³-hybridized carbons (Fsp3) is 0.643. The number of nitrogens with two attached hydrogens (primary N) is 1. The van der Waals surface area contributed by atoms with Gasteiger partial charge in [0.05, 0.1) is 6.04 Å². The van der Waals surface area contributed by atoms with Gasteiger partial charge < -0.3 is 0 Å². The first-order valence-electron chi connectivity index (χ1n) is 6.82. The zero-order chi connectivity index (χ0) is 13.0. The number of nitrogens with one attached hydrogen (secondary N) is 1. The summed E-state index contributed by atoms with van der Waals surface area (Å²) >= 11 is 3.48. The quantitative estimate of drug-likeness (QED) is 0.660. The monoisotopic (exact) mass is 311 g/mol. The van der Waals surface area contributed by atoms with Crippen molar-refractivity contribution in [2.45, 2.75) is 45.1 Å². The Kier molecular flexibility index (Phi) is 5.15. The minimum absolute atomic E-state index is 0.222. The summed E-state index contributed by atoms with van der Waals surface area (Å²) < 4.78 is 1.02. The number of pyridine rings is 1. The molecule has 1 aromatic rings. The van der Waals surface area contributed by atoms with E-state index in [0.29, 0.717) is 5.92 Å². The maximum absolute atomic E-state index is 5.81. The average Bonchev–Trinajstić information content (AvgIpc) is 2.40. The summed E-state index contributed by atoms with van der Waals surface area (Å²) in [6.07, 6.45) is 10.3. The van der Waals surface area contributed by atoms with E-state index in [1.54, 1.807) is 0 Å². The maximum atomic E-state index is 5.81. The van der Waals surface area contributed by atoms with E-state index in [-0.39, 0.29) is 6.04 Å². The van der Waals surface area contributed by atoms with Crippen molar-refractivity contribution < 1.29 is 0 Å². The van der Waals surface area contributed by atoms with Gasteiger partial charge in [0, 0.05) is 16.9 Å². The average molecular weight is 312 g/mol. The zero-order valence-electron chi connectivity index (χ0n) is 10.9. The van der Waals surface area contributed by atoms with Crippen LogP contribution < -0.4 is 11.3 Å². The third-order valence-electron chi connectivity index (χ3n) is 4.19. The summed E-state index contributed by atoms with van der Waals surface area (Å²) in [7, 11) is 0. The fourth-order valence-electron chi connectivity index (χ4n) is 3.25. The molecule has 1 heterocycles. The van der Waals surface area contributed by atoms with Crippen LogP contribution in [-0.2, 0) is 0 Å². The van der Waals surface area contributed by atoms with E-state index < -0.39 is 0 Å². The van der Waals surface area contributed by atoms with Crippen molar-refractivity contribution in [2.75, 3.05) is 0 Å². The first kappa shape index (κ1) is 14.0. The molecule has 1 saturated carbocycles. The summed E-state index contributed by atoms with van der Waals surface area (Å²) in [5.74, 6) is 7.22. The highest BCUT2D eigenvalue weighted by Crippen LogP contribution is 2.40. The van der Waals surface area contributed by atoms with Crippen molar-refractivity contribution in [1.29, 1.82) is 0 Å². The third-order valence-corrected chi connectivity index (χ3v) is 4.62. The van der Waals surface area contributed by atoms with Crippen LogP contribution in [0.4, 0.5) is 0 Å². The summed E-state index contributed by atoms with van der Waals surface area (Å²) in [6.45, 7) is 2.29. The van der Waals surface area contributed by atoms with Crippen LogP contribution in [0.15, 0.2) is 22.9 Å². The van der Waals surface area contributed by atoms with E-state index in [4.69, 9.17) is 5.84 Å². The van der Waals surface area contributed by atoms with Gasteiger partial charge in [-0.25, -0.2) is 0 Å². The first-order valence-corrected chi connectivity index (χ1v) is 7.62. The molecule has 0 bridgehead atoms. The Labute approximate surface area is 118 Å². The number of halogens is 1. The van der Waals surface area contributed by atoms with Gasteiger partial charge in [-0.2, -0.15) is 0 Å². The Balaban J connectivity index is 2.21.